The van der Waals surface area contributed by atoms with Crippen LogP contribution >= 0.6 is 12.4 Å². The van der Waals surface area contributed by atoms with Gasteiger partial charge in [0.2, 0.25) is 0 Å². The van der Waals surface area contributed by atoms with Crippen molar-refractivity contribution in [1.29, 1.82) is 0 Å². The zero-order valence-corrected chi connectivity index (χ0v) is 13.1. The molecule has 0 radical (unpaired) electrons. The first kappa shape index (κ1) is 17.1. The van der Waals surface area contributed by atoms with Gasteiger partial charge in [0.1, 0.15) is 0 Å². The zero-order chi connectivity index (χ0) is 14.5. The minimum absolute atomic E-state index is 0. The van der Waals surface area contributed by atoms with Gasteiger partial charge in [-0.25, -0.2) is 0 Å². The van der Waals surface area contributed by atoms with Gasteiger partial charge >= 0.3 is 0 Å². The third kappa shape index (κ3) is 4.55. The molecular weight excluding hydrogens is 286 g/mol. The number of rotatable bonds is 4. The van der Waals surface area contributed by atoms with Crippen LogP contribution in [0.15, 0.2) is 42.6 Å². The van der Waals surface area contributed by atoms with Crippen LogP contribution in [0.5, 0.6) is 0 Å². The fourth-order valence-electron chi connectivity index (χ4n) is 1.98. The molecule has 0 fully saturated rings. The molecule has 0 aliphatic heterocycles. The molecule has 0 bridgehead atoms. The summed E-state index contributed by atoms with van der Waals surface area (Å²) in [6.07, 6.45) is 1.62. The van der Waals surface area contributed by atoms with E-state index in [1.54, 1.807) is 30.3 Å². The standard InChI is InChI=1S/C16H19N3O.ClH/c1-12-3-5-13(6-4-12)11-19(2)16(20)14-7-8-18-15(9-14)10-17;/h3-9H,10-11,17H2,1-2H3;1H. The molecule has 1 aromatic carbocycles. The van der Waals surface area contributed by atoms with Gasteiger partial charge in [-0.2, -0.15) is 0 Å². The van der Waals surface area contributed by atoms with Gasteiger partial charge < -0.3 is 10.6 Å². The van der Waals surface area contributed by atoms with E-state index in [0.29, 0.717) is 18.7 Å². The van der Waals surface area contributed by atoms with E-state index in [4.69, 9.17) is 5.73 Å². The predicted molar refractivity (Wildman–Crippen MR) is 86.4 cm³/mol. The highest BCUT2D eigenvalue weighted by molar-refractivity contribution is 5.94. The maximum absolute atomic E-state index is 12.3. The zero-order valence-electron chi connectivity index (χ0n) is 12.2. The Morgan fingerprint density at radius 1 is 1.24 bits per heavy atom. The Morgan fingerprint density at radius 3 is 2.52 bits per heavy atom. The van der Waals surface area contributed by atoms with Crippen LogP contribution in [-0.4, -0.2) is 22.8 Å². The van der Waals surface area contributed by atoms with Gasteiger partial charge in [-0.15, -0.1) is 12.4 Å². The number of aryl methyl sites for hydroxylation is 1. The van der Waals surface area contributed by atoms with E-state index in [1.165, 1.54) is 5.56 Å². The van der Waals surface area contributed by atoms with E-state index in [-0.39, 0.29) is 18.3 Å². The second-order valence-corrected chi connectivity index (χ2v) is 4.89. The summed E-state index contributed by atoms with van der Waals surface area (Å²) in [5.74, 6) is -0.0253. The van der Waals surface area contributed by atoms with Crippen molar-refractivity contribution in [3.63, 3.8) is 0 Å². The van der Waals surface area contributed by atoms with Crippen molar-refractivity contribution in [2.24, 2.45) is 5.73 Å². The Balaban J connectivity index is 0.00000220. The fourth-order valence-corrected chi connectivity index (χ4v) is 1.98. The molecule has 2 rings (SSSR count). The number of benzene rings is 1. The molecule has 0 atom stereocenters. The van der Waals surface area contributed by atoms with Crippen molar-refractivity contribution < 1.29 is 4.79 Å². The van der Waals surface area contributed by atoms with Crippen LogP contribution in [0.25, 0.3) is 0 Å². The van der Waals surface area contributed by atoms with Crippen LogP contribution < -0.4 is 5.73 Å². The number of nitrogens with zero attached hydrogens (tertiary/aromatic N) is 2. The number of carbonyl (C=O) groups is 1. The van der Waals surface area contributed by atoms with E-state index in [9.17, 15) is 4.79 Å². The minimum Gasteiger partial charge on any atom is -0.337 e. The third-order valence-electron chi connectivity index (χ3n) is 3.16. The highest BCUT2D eigenvalue weighted by atomic mass is 35.5. The van der Waals surface area contributed by atoms with Crippen LogP contribution in [0.2, 0.25) is 0 Å². The van der Waals surface area contributed by atoms with Crippen LogP contribution in [0.3, 0.4) is 0 Å². The highest BCUT2D eigenvalue weighted by Crippen LogP contribution is 2.10. The summed E-state index contributed by atoms with van der Waals surface area (Å²) < 4.78 is 0. The second kappa shape index (κ2) is 7.76. The van der Waals surface area contributed by atoms with Crippen molar-refractivity contribution >= 4 is 18.3 Å². The molecule has 0 aliphatic carbocycles. The number of carbonyl (C=O) groups excluding carboxylic acids is 1. The predicted octanol–water partition coefficient (Wildman–Crippen LogP) is 2.54. The number of hydrogen-bond acceptors (Lipinski definition) is 3. The van der Waals surface area contributed by atoms with Crippen molar-refractivity contribution in [3.8, 4) is 0 Å². The summed E-state index contributed by atoms with van der Waals surface area (Å²) in [6.45, 7) is 2.96. The van der Waals surface area contributed by atoms with Gasteiger partial charge in [0.25, 0.3) is 5.91 Å². The SMILES string of the molecule is Cc1ccc(CN(C)C(=O)c2ccnc(CN)c2)cc1.Cl. The fraction of sp³-hybridized carbons (Fsp3) is 0.250. The molecule has 21 heavy (non-hydrogen) atoms. The minimum atomic E-state index is -0.0253. The summed E-state index contributed by atoms with van der Waals surface area (Å²) >= 11 is 0. The van der Waals surface area contributed by atoms with E-state index in [1.807, 2.05) is 31.2 Å². The molecule has 0 spiro atoms. The molecule has 0 saturated carbocycles. The lowest BCUT2D eigenvalue weighted by molar-refractivity contribution is 0.0785. The Kier molecular flexibility index (Phi) is 6.34. The molecule has 0 aliphatic rings. The second-order valence-electron chi connectivity index (χ2n) is 4.89. The normalized spacial score (nSPS) is 9.86. The lowest BCUT2D eigenvalue weighted by Crippen LogP contribution is -2.26. The smallest absolute Gasteiger partial charge is 0.254 e. The Morgan fingerprint density at radius 2 is 1.90 bits per heavy atom. The quantitative estimate of drug-likeness (QED) is 0.944. The molecule has 1 heterocycles. The lowest BCUT2D eigenvalue weighted by Gasteiger charge is -2.17. The molecule has 0 saturated heterocycles. The third-order valence-corrected chi connectivity index (χ3v) is 3.16. The van der Waals surface area contributed by atoms with Crippen molar-refractivity contribution in [1.82, 2.24) is 9.88 Å². The maximum Gasteiger partial charge on any atom is 0.254 e. The van der Waals surface area contributed by atoms with Crippen LogP contribution in [0.1, 0.15) is 27.2 Å². The average molecular weight is 306 g/mol. The molecule has 4 nitrogen and oxygen atoms in total. The molecule has 1 amide bonds. The van der Waals surface area contributed by atoms with Crippen LogP contribution in [0, 0.1) is 6.92 Å². The molecule has 112 valence electrons. The Hall–Kier alpha value is -1.91. The van der Waals surface area contributed by atoms with Crippen molar-refractivity contribution in [2.75, 3.05) is 7.05 Å². The largest absolute Gasteiger partial charge is 0.337 e. The van der Waals surface area contributed by atoms with Crippen molar-refractivity contribution in [2.45, 2.75) is 20.0 Å². The summed E-state index contributed by atoms with van der Waals surface area (Å²) in [5.41, 5.74) is 9.21. The summed E-state index contributed by atoms with van der Waals surface area (Å²) in [5, 5.41) is 0. The number of nitrogens with two attached hydrogens (primary N) is 1. The van der Waals surface area contributed by atoms with Crippen molar-refractivity contribution in [3.05, 3.63) is 65.0 Å². The van der Waals surface area contributed by atoms with Gasteiger partial charge in [-0.05, 0) is 24.6 Å². The Bertz CT molecular complexity index is 599. The van der Waals surface area contributed by atoms with Crippen LogP contribution in [-0.2, 0) is 13.1 Å². The van der Waals surface area contributed by atoms with Gasteiger partial charge in [0, 0.05) is 31.9 Å². The van der Waals surface area contributed by atoms with Gasteiger partial charge in [0.05, 0.1) is 5.69 Å². The number of halogens is 1. The molecule has 2 aromatic rings. The lowest BCUT2D eigenvalue weighted by atomic mass is 10.1. The molecule has 0 unspecified atom stereocenters. The maximum atomic E-state index is 12.3. The van der Waals surface area contributed by atoms with Gasteiger partial charge in [0.15, 0.2) is 0 Å². The van der Waals surface area contributed by atoms with Gasteiger partial charge in [-0.3, -0.25) is 9.78 Å². The summed E-state index contributed by atoms with van der Waals surface area (Å²) in [4.78, 5) is 18.1. The first-order chi connectivity index (χ1) is 9.60. The monoisotopic (exact) mass is 305 g/mol. The number of pyridine rings is 1. The average Bonchev–Trinajstić information content (AvgIpc) is 2.48. The highest BCUT2D eigenvalue weighted by Gasteiger charge is 2.12. The van der Waals surface area contributed by atoms with E-state index < -0.39 is 0 Å². The molecule has 1 aromatic heterocycles. The Labute approximate surface area is 131 Å². The number of hydrogen-bond donors (Lipinski definition) is 1. The first-order valence-corrected chi connectivity index (χ1v) is 6.56. The van der Waals surface area contributed by atoms with Gasteiger partial charge in [-0.1, -0.05) is 29.8 Å². The first-order valence-electron chi connectivity index (χ1n) is 6.56. The number of aromatic nitrogens is 1. The number of amides is 1. The molecule has 2 N–H and O–H groups in total. The topological polar surface area (TPSA) is 59.2 Å². The van der Waals surface area contributed by atoms with E-state index in [0.717, 1.165) is 11.3 Å². The molecular formula is C16H20ClN3O. The summed E-state index contributed by atoms with van der Waals surface area (Å²) in [7, 11) is 1.80. The summed E-state index contributed by atoms with van der Waals surface area (Å²) in [6, 6.07) is 11.6. The van der Waals surface area contributed by atoms with E-state index in [2.05, 4.69) is 4.98 Å². The van der Waals surface area contributed by atoms with E-state index >= 15 is 0 Å². The molecule has 5 heteroatoms. The van der Waals surface area contributed by atoms with Crippen LogP contribution in [0.4, 0.5) is 0 Å².